The Kier molecular flexibility index (Phi) is 10.3. The minimum Gasteiger partial charge on any atom is -0.459 e. The lowest BCUT2D eigenvalue weighted by Crippen LogP contribution is -2.43. The molecule has 3 heterocycles. The van der Waals surface area contributed by atoms with Crippen molar-refractivity contribution >= 4 is 41.4 Å². The number of fused-ring (bicyclic) bond motifs is 1. The Bertz CT molecular complexity index is 2300. The van der Waals surface area contributed by atoms with E-state index in [1.54, 1.807) is 66.7 Å². The second-order valence-corrected chi connectivity index (χ2v) is 12.2. The van der Waals surface area contributed by atoms with E-state index in [1.165, 1.54) is 48.5 Å². The molecule has 55 heavy (non-hydrogen) atoms. The maximum absolute atomic E-state index is 13.5. The van der Waals surface area contributed by atoms with Gasteiger partial charge in [0.05, 0.1) is 34.0 Å². The standard InChI is InChI=1S/C39H29N5O11/c45-30(21-43-33(46)26-18-10-11-19-27(26)34(43)47)41-29-20-40-44(39(51)42-29)35-32(55-38(50)25-16-8-3-9-17-25)31(54-37(49)24-14-6-2-7-15-24)28(53-35)22-52-36(48)23-12-4-1-5-13-23/h1-20,28,31-32,35H,21-22H2,(H,41,42,45,51)/t28-,31-,32-,35-/m1/s1. The number of esters is 3. The van der Waals surface area contributed by atoms with Crippen molar-refractivity contribution < 1.29 is 47.7 Å². The molecule has 5 aromatic rings. The van der Waals surface area contributed by atoms with Crippen LogP contribution in [-0.4, -0.2) is 86.8 Å². The zero-order valence-corrected chi connectivity index (χ0v) is 28.6. The van der Waals surface area contributed by atoms with E-state index in [0.29, 0.717) is 4.68 Å². The molecule has 0 radical (unpaired) electrons. The number of carbonyl (C=O) groups is 6. The van der Waals surface area contributed by atoms with E-state index in [4.69, 9.17) is 18.9 Å². The number of hydrogen-bond acceptors (Lipinski definition) is 13. The zero-order valence-electron chi connectivity index (χ0n) is 28.6. The number of nitrogens with zero attached hydrogens (tertiary/aromatic N) is 4. The predicted molar refractivity (Wildman–Crippen MR) is 189 cm³/mol. The van der Waals surface area contributed by atoms with E-state index in [2.05, 4.69) is 15.4 Å². The highest BCUT2D eigenvalue weighted by Gasteiger charge is 2.52. The van der Waals surface area contributed by atoms with E-state index >= 15 is 0 Å². The molecule has 2 aliphatic rings. The highest BCUT2D eigenvalue weighted by Crippen LogP contribution is 2.34. The third-order valence-electron chi connectivity index (χ3n) is 8.58. The molecule has 2 aliphatic heterocycles. The van der Waals surface area contributed by atoms with Crippen molar-refractivity contribution in [1.82, 2.24) is 19.7 Å². The fourth-order valence-corrected chi connectivity index (χ4v) is 5.95. The van der Waals surface area contributed by atoms with E-state index < -0.39 is 79.0 Å². The number of rotatable bonds is 11. The van der Waals surface area contributed by atoms with Crippen molar-refractivity contribution in [3.8, 4) is 0 Å². The number of ether oxygens (including phenoxy) is 4. The predicted octanol–water partition coefficient (Wildman–Crippen LogP) is 3.08. The molecule has 0 unspecified atom stereocenters. The molecule has 1 aromatic heterocycles. The third kappa shape index (κ3) is 7.74. The van der Waals surface area contributed by atoms with Crippen molar-refractivity contribution in [3.63, 3.8) is 0 Å². The summed E-state index contributed by atoms with van der Waals surface area (Å²) in [6, 6.07) is 30.0. The number of imide groups is 1. The van der Waals surface area contributed by atoms with E-state index in [0.717, 1.165) is 11.1 Å². The zero-order chi connectivity index (χ0) is 38.5. The largest absolute Gasteiger partial charge is 0.459 e. The van der Waals surface area contributed by atoms with Crippen LogP contribution < -0.4 is 11.0 Å². The number of nitrogens with one attached hydrogen (secondary N) is 1. The van der Waals surface area contributed by atoms with Crippen molar-refractivity contribution in [3.05, 3.63) is 160 Å². The quantitative estimate of drug-likeness (QED) is 0.118. The van der Waals surface area contributed by atoms with Crippen molar-refractivity contribution in [1.29, 1.82) is 0 Å². The van der Waals surface area contributed by atoms with Crippen LogP contribution in [0.25, 0.3) is 0 Å². The van der Waals surface area contributed by atoms with Gasteiger partial charge in [0.2, 0.25) is 5.91 Å². The van der Waals surface area contributed by atoms with Gasteiger partial charge in [-0.3, -0.25) is 19.3 Å². The summed E-state index contributed by atoms with van der Waals surface area (Å²) in [5.74, 6) is -4.90. The minimum atomic E-state index is -1.59. The molecular formula is C39H29N5O11. The van der Waals surface area contributed by atoms with Crippen molar-refractivity contribution in [2.75, 3.05) is 18.5 Å². The first kappa shape index (κ1) is 36.0. The van der Waals surface area contributed by atoms with Crippen LogP contribution in [0.15, 0.2) is 126 Å². The van der Waals surface area contributed by atoms with Gasteiger partial charge in [0.25, 0.3) is 11.8 Å². The molecule has 0 aliphatic carbocycles. The Labute approximate surface area is 311 Å². The second kappa shape index (κ2) is 15.7. The van der Waals surface area contributed by atoms with Crippen LogP contribution in [-0.2, 0) is 23.7 Å². The molecule has 1 N–H and O–H groups in total. The van der Waals surface area contributed by atoms with E-state index in [9.17, 15) is 33.6 Å². The third-order valence-corrected chi connectivity index (χ3v) is 8.58. The van der Waals surface area contributed by atoms with Gasteiger partial charge in [-0.2, -0.15) is 14.8 Å². The van der Waals surface area contributed by atoms with Gasteiger partial charge < -0.3 is 24.3 Å². The fraction of sp³-hybridized carbons (Fsp3) is 0.154. The van der Waals surface area contributed by atoms with Crippen LogP contribution in [0.2, 0.25) is 0 Å². The molecule has 0 bridgehead atoms. The molecule has 0 spiro atoms. The van der Waals surface area contributed by atoms with Gasteiger partial charge in [-0.25, -0.2) is 19.2 Å². The summed E-state index contributed by atoms with van der Waals surface area (Å²) in [6.07, 6.45) is -4.91. The summed E-state index contributed by atoms with van der Waals surface area (Å²) in [4.78, 5) is 96.2. The lowest BCUT2D eigenvalue weighted by molar-refractivity contribution is -0.116. The number of amides is 3. The van der Waals surface area contributed by atoms with Gasteiger partial charge in [-0.1, -0.05) is 66.7 Å². The van der Waals surface area contributed by atoms with E-state index in [1.807, 2.05) is 0 Å². The Morgan fingerprint density at radius 2 is 1.15 bits per heavy atom. The maximum Gasteiger partial charge on any atom is 0.368 e. The summed E-state index contributed by atoms with van der Waals surface area (Å²) >= 11 is 0. The number of aromatic nitrogens is 3. The van der Waals surface area contributed by atoms with Gasteiger partial charge >= 0.3 is 23.6 Å². The molecule has 0 saturated carbocycles. The first-order chi connectivity index (χ1) is 26.7. The Morgan fingerprint density at radius 3 is 1.67 bits per heavy atom. The lowest BCUT2D eigenvalue weighted by atomic mass is 10.1. The first-order valence-electron chi connectivity index (χ1n) is 16.8. The molecule has 4 aromatic carbocycles. The van der Waals surface area contributed by atoms with Gasteiger partial charge in [-0.15, -0.1) is 0 Å². The molecule has 3 amide bonds. The topological polar surface area (TPSA) is 202 Å². The van der Waals surface area contributed by atoms with Gasteiger partial charge in [0, 0.05) is 0 Å². The average Bonchev–Trinajstić information content (AvgIpc) is 3.66. The summed E-state index contributed by atoms with van der Waals surface area (Å²) in [6.45, 7) is -1.18. The van der Waals surface area contributed by atoms with Crippen molar-refractivity contribution in [2.45, 2.75) is 24.5 Å². The van der Waals surface area contributed by atoms with Gasteiger partial charge in [-0.05, 0) is 48.5 Å². The Hall–Kier alpha value is -7.33. The molecular weight excluding hydrogens is 714 g/mol. The van der Waals surface area contributed by atoms with Crippen LogP contribution in [0.3, 0.4) is 0 Å². The highest BCUT2D eigenvalue weighted by molar-refractivity contribution is 6.22. The minimum absolute atomic E-state index is 0.128. The van der Waals surface area contributed by atoms with Crippen LogP contribution >= 0.6 is 0 Å². The number of hydrogen-bond donors (Lipinski definition) is 1. The van der Waals surface area contributed by atoms with E-state index in [-0.39, 0.29) is 33.6 Å². The number of carbonyl (C=O) groups excluding carboxylic acids is 6. The summed E-state index contributed by atoms with van der Waals surface area (Å²) < 4.78 is 24.1. The summed E-state index contributed by atoms with van der Waals surface area (Å²) in [5, 5.41) is 6.45. The fourth-order valence-electron chi connectivity index (χ4n) is 5.95. The number of benzene rings is 4. The normalized spacial score (nSPS) is 18.7. The first-order valence-corrected chi connectivity index (χ1v) is 16.8. The molecule has 7 rings (SSSR count). The van der Waals surface area contributed by atoms with Gasteiger partial charge in [0.1, 0.15) is 19.3 Å². The molecule has 276 valence electrons. The Balaban J connectivity index is 1.16. The maximum atomic E-state index is 13.5. The van der Waals surface area contributed by atoms with Crippen LogP contribution in [0.4, 0.5) is 5.82 Å². The second-order valence-electron chi connectivity index (χ2n) is 12.2. The summed E-state index contributed by atoms with van der Waals surface area (Å²) in [7, 11) is 0. The van der Waals surface area contributed by atoms with Crippen LogP contribution in [0.5, 0.6) is 0 Å². The molecule has 4 atom stereocenters. The molecule has 1 saturated heterocycles. The van der Waals surface area contributed by atoms with Crippen LogP contribution in [0, 0.1) is 0 Å². The monoisotopic (exact) mass is 743 g/mol. The SMILES string of the molecule is O=C(CN1C(=O)c2ccccc2C1=O)Nc1cnn([C@@H]2O[C@H](COC(=O)c3ccccc3)[C@@H](OC(=O)c3ccccc3)[C@H]2OC(=O)c2ccccc2)c(=O)n1. The lowest BCUT2D eigenvalue weighted by Gasteiger charge is -2.24. The molecule has 1 fully saturated rings. The average molecular weight is 744 g/mol. The van der Waals surface area contributed by atoms with Crippen LogP contribution in [0.1, 0.15) is 58.0 Å². The van der Waals surface area contributed by atoms with Gasteiger partial charge in [0.15, 0.2) is 24.3 Å². The number of anilines is 1. The molecule has 16 nitrogen and oxygen atoms in total. The summed E-state index contributed by atoms with van der Waals surface area (Å²) in [5.41, 5.74) is -0.283. The molecule has 16 heteroatoms. The highest BCUT2D eigenvalue weighted by atomic mass is 16.7. The smallest absolute Gasteiger partial charge is 0.368 e. The van der Waals surface area contributed by atoms with Crippen molar-refractivity contribution in [2.24, 2.45) is 0 Å². The Morgan fingerprint density at radius 1 is 0.655 bits per heavy atom.